The molecule has 0 aliphatic rings. The van der Waals surface area contributed by atoms with E-state index in [-0.39, 0.29) is 13.0 Å². The summed E-state index contributed by atoms with van der Waals surface area (Å²) in [4.78, 5) is 22.4. The topological polar surface area (TPSA) is 84.9 Å². The van der Waals surface area contributed by atoms with Crippen LogP contribution in [0.4, 0.5) is 4.79 Å². The lowest BCUT2D eigenvalue weighted by Crippen LogP contribution is -2.35. The highest BCUT2D eigenvalue weighted by molar-refractivity contribution is 5.72. The normalized spacial score (nSPS) is 12.8. The van der Waals surface area contributed by atoms with E-state index in [1.807, 2.05) is 0 Å². The number of rotatable bonds is 9. The number of carboxylic acids is 1. The highest BCUT2D eigenvalue weighted by atomic mass is 16.6. The summed E-state index contributed by atoms with van der Waals surface area (Å²) < 4.78 is 10.4. The Kier molecular flexibility index (Phi) is 8.96. The summed E-state index contributed by atoms with van der Waals surface area (Å²) in [5.41, 5.74) is -0.563. The number of carbonyl (C=O) groups is 2. The van der Waals surface area contributed by atoms with E-state index in [4.69, 9.17) is 14.6 Å². The zero-order valence-electron chi connectivity index (χ0n) is 12.9. The minimum atomic E-state index is -1.01. The fraction of sp³-hybridized carbons (Fsp3) is 0.857. The molecule has 1 amide bonds. The second-order valence-corrected chi connectivity index (χ2v) is 5.62. The first-order valence-corrected chi connectivity index (χ1v) is 7.07. The number of alkyl carbamates (subject to hydrolysis) is 1. The first kappa shape index (κ1) is 18.7. The van der Waals surface area contributed by atoms with Crippen molar-refractivity contribution in [2.45, 2.75) is 65.1 Å². The van der Waals surface area contributed by atoms with Gasteiger partial charge in [0, 0.05) is 19.6 Å². The monoisotopic (exact) mass is 289 g/mol. The zero-order valence-corrected chi connectivity index (χ0v) is 12.9. The van der Waals surface area contributed by atoms with E-state index in [2.05, 4.69) is 12.2 Å². The number of hydrogen-bond acceptors (Lipinski definition) is 4. The maximum Gasteiger partial charge on any atom is 0.407 e. The van der Waals surface area contributed by atoms with Gasteiger partial charge in [0.05, 0.1) is 0 Å². The van der Waals surface area contributed by atoms with Crippen molar-refractivity contribution in [2.24, 2.45) is 0 Å². The predicted octanol–water partition coefficient (Wildman–Crippen LogP) is 2.56. The van der Waals surface area contributed by atoms with Gasteiger partial charge in [-0.05, 0) is 27.2 Å². The quantitative estimate of drug-likeness (QED) is 0.637. The number of carbonyl (C=O) groups excluding carboxylic acids is 1. The minimum Gasteiger partial charge on any atom is -0.479 e. The molecule has 20 heavy (non-hydrogen) atoms. The zero-order chi connectivity index (χ0) is 15.6. The fourth-order valence-electron chi connectivity index (χ4n) is 1.48. The highest BCUT2D eigenvalue weighted by Gasteiger charge is 2.19. The van der Waals surface area contributed by atoms with Gasteiger partial charge in [-0.2, -0.15) is 0 Å². The Morgan fingerprint density at radius 2 is 1.90 bits per heavy atom. The van der Waals surface area contributed by atoms with Crippen LogP contribution >= 0.6 is 0 Å². The van der Waals surface area contributed by atoms with Crippen LogP contribution in [-0.2, 0) is 14.3 Å². The Balaban J connectivity index is 3.91. The predicted molar refractivity (Wildman–Crippen MR) is 75.8 cm³/mol. The Hall–Kier alpha value is -1.30. The molecule has 6 heteroatoms. The van der Waals surface area contributed by atoms with Crippen molar-refractivity contribution in [1.29, 1.82) is 0 Å². The SMILES string of the molecule is CCCCCOC(CCNC(=O)OC(C)(C)C)C(=O)O. The Labute approximate surface area is 120 Å². The lowest BCUT2D eigenvalue weighted by molar-refractivity contribution is -0.150. The second-order valence-electron chi connectivity index (χ2n) is 5.62. The van der Waals surface area contributed by atoms with Crippen LogP contribution in [0.5, 0.6) is 0 Å². The van der Waals surface area contributed by atoms with Gasteiger partial charge >= 0.3 is 12.1 Å². The van der Waals surface area contributed by atoms with Crippen molar-refractivity contribution in [3.05, 3.63) is 0 Å². The van der Waals surface area contributed by atoms with Gasteiger partial charge in [-0.15, -0.1) is 0 Å². The van der Waals surface area contributed by atoms with E-state index in [0.29, 0.717) is 6.61 Å². The van der Waals surface area contributed by atoms with Crippen LogP contribution in [0.2, 0.25) is 0 Å². The van der Waals surface area contributed by atoms with E-state index >= 15 is 0 Å². The van der Waals surface area contributed by atoms with E-state index in [0.717, 1.165) is 19.3 Å². The number of ether oxygens (including phenoxy) is 2. The van der Waals surface area contributed by atoms with Crippen molar-refractivity contribution in [1.82, 2.24) is 5.32 Å². The number of carboxylic acid groups (broad SMARTS) is 1. The maximum absolute atomic E-state index is 11.4. The van der Waals surface area contributed by atoms with Crippen LogP contribution in [0.15, 0.2) is 0 Å². The van der Waals surface area contributed by atoms with Crippen molar-refractivity contribution < 1.29 is 24.2 Å². The van der Waals surface area contributed by atoms with Crippen molar-refractivity contribution >= 4 is 12.1 Å². The lowest BCUT2D eigenvalue weighted by atomic mass is 10.2. The summed E-state index contributed by atoms with van der Waals surface area (Å²) in [5.74, 6) is -1.01. The largest absolute Gasteiger partial charge is 0.479 e. The van der Waals surface area contributed by atoms with Crippen LogP contribution in [0, 0.1) is 0 Å². The number of nitrogens with one attached hydrogen (secondary N) is 1. The molecule has 0 aromatic carbocycles. The molecule has 0 heterocycles. The molecule has 6 nitrogen and oxygen atoms in total. The van der Waals surface area contributed by atoms with Gasteiger partial charge in [0.1, 0.15) is 5.60 Å². The van der Waals surface area contributed by atoms with Crippen molar-refractivity contribution in [2.75, 3.05) is 13.2 Å². The van der Waals surface area contributed by atoms with Crippen LogP contribution in [0.1, 0.15) is 53.4 Å². The van der Waals surface area contributed by atoms with E-state index in [1.54, 1.807) is 20.8 Å². The third-order valence-corrected chi connectivity index (χ3v) is 2.42. The number of aliphatic carboxylic acids is 1. The van der Waals surface area contributed by atoms with Gasteiger partial charge in [-0.25, -0.2) is 9.59 Å². The molecule has 1 atom stereocenters. The van der Waals surface area contributed by atoms with Gasteiger partial charge in [0.2, 0.25) is 0 Å². The number of amides is 1. The van der Waals surface area contributed by atoms with Crippen LogP contribution in [0.25, 0.3) is 0 Å². The molecule has 118 valence electrons. The third kappa shape index (κ3) is 10.6. The van der Waals surface area contributed by atoms with Crippen LogP contribution in [-0.4, -0.2) is 42.0 Å². The molecular weight excluding hydrogens is 262 g/mol. The van der Waals surface area contributed by atoms with Crippen LogP contribution < -0.4 is 5.32 Å². The summed E-state index contributed by atoms with van der Waals surface area (Å²) in [6.45, 7) is 8.01. The van der Waals surface area contributed by atoms with Gasteiger partial charge in [0.25, 0.3) is 0 Å². The molecule has 2 N–H and O–H groups in total. The van der Waals surface area contributed by atoms with Crippen molar-refractivity contribution in [3.63, 3.8) is 0 Å². The number of hydrogen-bond donors (Lipinski definition) is 2. The van der Waals surface area contributed by atoms with Gasteiger partial charge in [0.15, 0.2) is 6.10 Å². The van der Waals surface area contributed by atoms with Crippen LogP contribution in [0.3, 0.4) is 0 Å². The molecule has 0 rings (SSSR count). The molecular formula is C14H27NO5. The molecule has 0 aromatic rings. The summed E-state index contributed by atoms with van der Waals surface area (Å²) in [7, 11) is 0. The lowest BCUT2D eigenvalue weighted by Gasteiger charge is -2.20. The third-order valence-electron chi connectivity index (χ3n) is 2.42. The highest BCUT2D eigenvalue weighted by Crippen LogP contribution is 2.07. The average Bonchev–Trinajstić information content (AvgIpc) is 2.29. The van der Waals surface area contributed by atoms with Gasteiger partial charge < -0.3 is 19.9 Å². The van der Waals surface area contributed by atoms with Crippen molar-refractivity contribution in [3.8, 4) is 0 Å². The Morgan fingerprint density at radius 1 is 1.25 bits per heavy atom. The molecule has 1 unspecified atom stereocenters. The summed E-state index contributed by atoms with van der Waals surface area (Å²) in [6.07, 6.45) is 1.71. The van der Waals surface area contributed by atoms with E-state index in [1.165, 1.54) is 0 Å². The van der Waals surface area contributed by atoms with Gasteiger partial charge in [-0.1, -0.05) is 19.8 Å². The van der Waals surface area contributed by atoms with E-state index < -0.39 is 23.8 Å². The number of unbranched alkanes of at least 4 members (excludes halogenated alkanes) is 2. The molecule has 0 saturated heterocycles. The first-order chi connectivity index (χ1) is 9.26. The summed E-state index contributed by atoms with van der Waals surface area (Å²) >= 11 is 0. The molecule has 0 aliphatic carbocycles. The minimum absolute atomic E-state index is 0.208. The molecule has 0 aromatic heterocycles. The Morgan fingerprint density at radius 3 is 2.40 bits per heavy atom. The molecule has 0 fully saturated rings. The van der Waals surface area contributed by atoms with Gasteiger partial charge in [-0.3, -0.25) is 0 Å². The van der Waals surface area contributed by atoms with E-state index in [9.17, 15) is 9.59 Å². The smallest absolute Gasteiger partial charge is 0.407 e. The molecule has 0 aliphatic heterocycles. The molecule has 0 bridgehead atoms. The Bertz CT molecular complexity index is 298. The molecule has 0 saturated carbocycles. The fourth-order valence-corrected chi connectivity index (χ4v) is 1.48. The summed E-state index contributed by atoms with van der Waals surface area (Å²) in [6, 6.07) is 0. The first-order valence-electron chi connectivity index (χ1n) is 7.07. The molecule has 0 radical (unpaired) electrons. The maximum atomic E-state index is 11.4. The molecule has 0 spiro atoms. The standard InChI is InChI=1S/C14H27NO5/c1-5-6-7-10-19-11(12(16)17)8-9-15-13(18)20-14(2,3)4/h11H,5-10H2,1-4H3,(H,15,18)(H,16,17). The second kappa shape index (κ2) is 9.58. The summed E-state index contributed by atoms with van der Waals surface area (Å²) in [5, 5.41) is 11.5. The average molecular weight is 289 g/mol.